The Morgan fingerprint density at radius 2 is 2.05 bits per heavy atom. The zero-order valence-corrected chi connectivity index (χ0v) is 13.2. The Kier molecular flexibility index (Phi) is 5.26. The maximum absolute atomic E-state index is 13.2. The van der Waals surface area contributed by atoms with Gasteiger partial charge in [0.15, 0.2) is 0 Å². The largest absolute Gasteiger partial charge is 0.313 e. The molecule has 112 valence electrons. The third-order valence-corrected chi connectivity index (χ3v) is 3.80. The van der Waals surface area contributed by atoms with Crippen LogP contribution in [0.1, 0.15) is 35.5 Å². The molecule has 0 saturated heterocycles. The lowest BCUT2D eigenvalue weighted by molar-refractivity contribution is 0.576. The van der Waals surface area contributed by atoms with Crippen LogP contribution in [-0.4, -0.2) is 17.2 Å². The van der Waals surface area contributed by atoms with Crippen molar-refractivity contribution in [3.8, 4) is 0 Å². The monoisotopic (exact) mass is 307 g/mol. The van der Waals surface area contributed by atoms with Gasteiger partial charge in [0, 0.05) is 6.04 Å². The molecule has 5 heteroatoms. The quantitative estimate of drug-likeness (QED) is 0.916. The Labute approximate surface area is 129 Å². The molecule has 1 heterocycles. The number of aromatic nitrogens is 2. The highest BCUT2D eigenvalue weighted by Crippen LogP contribution is 2.24. The van der Waals surface area contributed by atoms with Crippen LogP contribution in [0.15, 0.2) is 24.3 Å². The van der Waals surface area contributed by atoms with Crippen LogP contribution in [0, 0.1) is 12.7 Å². The molecule has 3 nitrogen and oxygen atoms in total. The van der Waals surface area contributed by atoms with Gasteiger partial charge in [-0.25, -0.2) is 4.39 Å². The molecule has 0 fully saturated rings. The lowest BCUT2D eigenvalue weighted by atomic mass is 9.96. The number of halogens is 2. The molecule has 0 aliphatic rings. The predicted molar refractivity (Wildman–Crippen MR) is 83.1 cm³/mol. The van der Waals surface area contributed by atoms with Crippen molar-refractivity contribution >= 4 is 11.6 Å². The van der Waals surface area contributed by atoms with Crippen LogP contribution in [0.4, 0.5) is 4.39 Å². The summed E-state index contributed by atoms with van der Waals surface area (Å²) in [5.41, 5.74) is 3.98. The minimum absolute atomic E-state index is 0.0932. The standard InChI is InChI=1S/C16H19ClFN3/c1-4-15-12(7-10(2)20-21-15)16(19-3)9-11-5-6-14(18)13(17)8-11/h5-8,16,19H,4,9H2,1-3H3. The van der Waals surface area contributed by atoms with E-state index in [-0.39, 0.29) is 11.1 Å². The first kappa shape index (κ1) is 15.9. The molecule has 0 radical (unpaired) electrons. The summed E-state index contributed by atoms with van der Waals surface area (Å²) in [6, 6.07) is 6.99. The van der Waals surface area contributed by atoms with E-state index >= 15 is 0 Å². The fraction of sp³-hybridized carbons (Fsp3) is 0.375. The number of benzene rings is 1. The van der Waals surface area contributed by atoms with E-state index in [9.17, 15) is 4.39 Å². The predicted octanol–water partition coefficient (Wildman–Crippen LogP) is 3.64. The molecule has 21 heavy (non-hydrogen) atoms. The highest BCUT2D eigenvalue weighted by Gasteiger charge is 2.16. The Morgan fingerprint density at radius 3 is 2.67 bits per heavy atom. The summed E-state index contributed by atoms with van der Waals surface area (Å²) in [5.74, 6) is -0.392. The number of rotatable bonds is 5. The van der Waals surface area contributed by atoms with Crippen molar-refractivity contribution in [3.63, 3.8) is 0 Å². The maximum atomic E-state index is 13.2. The second kappa shape index (κ2) is 6.96. The van der Waals surface area contributed by atoms with Crippen molar-refractivity contribution in [2.24, 2.45) is 0 Å². The van der Waals surface area contributed by atoms with Crippen molar-refractivity contribution in [1.29, 1.82) is 0 Å². The molecule has 1 aromatic carbocycles. The number of aryl methyl sites for hydroxylation is 2. The summed E-state index contributed by atoms with van der Waals surface area (Å²) in [5, 5.41) is 11.8. The summed E-state index contributed by atoms with van der Waals surface area (Å²) in [6.45, 7) is 3.99. The normalized spacial score (nSPS) is 12.4. The minimum Gasteiger partial charge on any atom is -0.313 e. The smallest absolute Gasteiger partial charge is 0.141 e. The van der Waals surface area contributed by atoms with E-state index in [1.165, 1.54) is 6.07 Å². The molecule has 0 spiro atoms. The molecule has 0 bridgehead atoms. The van der Waals surface area contributed by atoms with Gasteiger partial charge in [0.05, 0.1) is 16.4 Å². The van der Waals surface area contributed by atoms with Gasteiger partial charge in [0.1, 0.15) is 5.82 Å². The Morgan fingerprint density at radius 1 is 1.29 bits per heavy atom. The molecule has 0 aliphatic heterocycles. The van der Waals surface area contributed by atoms with Crippen LogP contribution in [-0.2, 0) is 12.8 Å². The third kappa shape index (κ3) is 3.77. The first-order valence-electron chi connectivity index (χ1n) is 6.99. The summed E-state index contributed by atoms with van der Waals surface area (Å²) < 4.78 is 13.2. The average Bonchev–Trinajstić information content (AvgIpc) is 2.48. The molecule has 1 atom stereocenters. The van der Waals surface area contributed by atoms with Crippen LogP contribution in [0.25, 0.3) is 0 Å². The van der Waals surface area contributed by atoms with Gasteiger partial charge < -0.3 is 5.32 Å². The van der Waals surface area contributed by atoms with E-state index < -0.39 is 5.82 Å². The second-order valence-electron chi connectivity index (χ2n) is 5.04. The topological polar surface area (TPSA) is 37.8 Å². The van der Waals surface area contributed by atoms with Crippen molar-refractivity contribution in [2.45, 2.75) is 32.7 Å². The van der Waals surface area contributed by atoms with Crippen molar-refractivity contribution < 1.29 is 4.39 Å². The first-order chi connectivity index (χ1) is 10.0. The fourth-order valence-electron chi connectivity index (χ4n) is 2.38. The van der Waals surface area contributed by atoms with Crippen LogP contribution in [0.5, 0.6) is 0 Å². The zero-order chi connectivity index (χ0) is 15.4. The molecule has 0 amide bonds. The molecule has 0 aliphatic carbocycles. The number of hydrogen-bond donors (Lipinski definition) is 1. The van der Waals surface area contributed by atoms with Crippen molar-refractivity contribution in [2.75, 3.05) is 7.05 Å². The van der Waals surface area contributed by atoms with Gasteiger partial charge in [0.2, 0.25) is 0 Å². The van der Waals surface area contributed by atoms with Crippen molar-refractivity contribution in [3.05, 3.63) is 57.6 Å². The van der Waals surface area contributed by atoms with E-state index in [2.05, 4.69) is 28.5 Å². The first-order valence-corrected chi connectivity index (χ1v) is 7.37. The van der Waals surface area contributed by atoms with Gasteiger partial charge in [-0.2, -0.15) is 10.2 Å². The number of nitrogens with zero attached hydrogens (tertiary/aromatic N) is 2. The average molecular weight is 308 g/mol. The molecular weight excluding hydrogens is 289 g/mol. The highest BCUT2D eigenvalue weighted by molar-refractivity contribution is 6.30. The molecule has 1 N–H and O–H groups in total. The summed E-state index contributed by atoms with van der Waals surface area (Å²) >= 11 is 5.85. The van der Waals surface area contributed by atoms with E-state index in [4.69, 9.17) is 11.6 Å². The Bertz CT molecular complexity index is 631. The zero-order valence-electron chi connectivity index (χ0n) is 12.5. The van der Waals surface area contributed by atoms with Gasteiger partial charge >= 0.3 is 0 Å². The third-order valence-electron chi connectivity index (χ3n) is 3.51. The van der Waals surface area contributed by atoms with Crippen LogP contribution >= 0.6 is 11.6 Å². The second-order valence-corrected chi connectivity index (χ2v) is 5.44. The minimum atomic E-state index is -0.392. The number of hydrogen-bond acceptors (Lipinski definition) is 3. The molecule has 1 aromatic heterocycles. The van der Waals surface area contributed by atoms with E-state index in [1.54, 1.807) is 12.1 Å². The summed E-state index contributed by atoms with van der Waals surface area (Å²) in [6.07, 6.45) is 1.54. The maximum Gasteiger partial charge on any atom is 0.141 e. The van der Waals surface area contributed by atoms with Gasteiger partial charge in [-0.3, -0.25) is 0 Å². The summed E-state index contributed by atoms with van der Waals surface area (Å²) in [4.78, 5) is 0. The molecule has 2 aromatic rings. The molecular formula is C16H19ClFN3. The van der Waals surface area contributed by atoms with Crippen LogP contribution < -0.4 is 5.32 Å². The Hall–Kier alpha value is -1.52. The van der Waals surface area contributed by atoms with E-state index in [1.807, 2.05) is 14.0 Å². The Balaban J connectivity index is 2.31. The van der Waals surface area contributed by atoms with E-state index in [0.717, 1.165) is 28.9 Å². The lowest BCUT2D eigenvalue weighted by Crippen LogP contribution is -2.21. The fourth-order valence-corrected chi connectivity index (χ4v) is 2.58. The molecule has 2 rings (SSSR count). The SMILES string of the molecule is CCc1nnc(C)cc1C(Cc1ccc(F)c(Cl)c1)NC. The van der Waals surface area contributed by atoms with Crippen LogP contribution in [0.2, 0.25) is 5.02 Å². The molecule has 0 saturated carbocycles. The lowest BCUT2D eigenvalue weighted by Gasteiger charge is -2.19. The summed E-state index contributed by atoms with van der Waals surface area (Å²) in [7, 11) is 1.91. The van der Waals surface area contributed by atoms with Gasteiger partial charge in [-0.15, -0.1) is 0 Å². The van der Waals surface area contributed by atoms with Gasteiger partial charge in [0.25, 0.3) is 0 Å². The van der Waals surface area contributed by atoms with Crippen LogP contribution in [0.3, 0.4) is 0 Å². The van der Waals surface area contributed by atoms with Crippen molar-refractivity contribution in [1.82, 2.24) is 15.5 Å². The molecule has 1 unspecified atom stereocenters. The highest BCUT2D eigenvalue weighted by atomic mass is 35.5. The number of nitrogens with one attached hydrogen (secondary N) is 1. The van der Waals surface area contributed by atoms with Gasteiger partial charge in [-0.1, -0.05) is 24.6 Å². The number of likely N-dealkylation sites (N-methyl/N-ethyl adjacent to an activating group) is 1. The van der Waals surface area contributed by atoms with Gasteiger partial charge in [-0.05, 0) is 56.1 Å². The van der Waals surface area contributed by atoms with E-state index in [0.29, 0.717) is 6.42 Å².